The summed E-state index contributed by atoms with van der Waals surface area (Å²) in [5.41, 5.74) is 0.931. The van der Waals surface area contributed by atoms with Crippen LogP contribution in [0.5, 0.6) is 5.75 Å². The number of hydrogen-bond donors (Lipinski definition) is 0. The van der Waals surface area contributed by atoms with Gasteiger partial charge in [0.1, 0.15) is 17.4 Å². The van der Waals surface area contributed by atoms with Crippen LogP contribution in [-0.4, -0.2) is 34.3 Å². The van der Waals surface area contributed by atoms with E-state index in [1.54, 1.807) is 26.4 Å². The van der Waals surface area contributed by atoms with E-state index < -0.39 is 6.09 Å². The van der Waals surface area contributed by atoms with Crippen LogP contribution in [0.1, 0.15) is 13.3 Å². The molecule has 0 spiro atoms. The monoisotopic (exact) mass is 325 g/mol. The summed E-state index contributed by atoms with van der Waals surface area (Å²) in [6, 6.07) is 7.64. The Morgan fingerprint density at radius 2 is 2.08 bits per heavy atom. The van der Waals surface area contributed by atoms with Crippen LogP contribution in [0.4, 0.5) is 4.79 Å². The van der Waals surface area contributed by atoms with Gasteiger partial charge in [-0.2, -0.15) is 0 Å². The number of carbonyl (C=O) groups is 1. The first-order chi connectivity index (χ1) is 11.7. The first-order valence-electron chi connectivity index (χ1n) is 7.75. The molecule has 1 aliphatic heterocycles. The molecule has 0 radical (unpaired) electrons. The molecule has 3 rings (SSSR count). The second-order valence-electron chi connectivity index (χ2n) is 5.10. The summed E-state index contributed by atoms with van der Waals surface area (Å²) in [5.74, 6) is 2.23. The zero-order valence-corrected chi connectivity index (χ0v) is 13.7. The lowest BCUT2D eigenvalue weighted by atomic mass is 10.2. The van der Waals surface area contributed by atoms with Crippen LogP contribution in [0.2, 0.25) is 0 Å². The Bertz CT molecular complexity index is 775. The average Bonchev–Trinajstić information content (AvgIpc) is 3.11. The van der Waals surface area contributed by atoms with Crippen LogP contribution in [0.25, 0.3) is 17.2 Å². The molecule has 6 nitrogen and oxygen atoms in total. The van der Waals surface area contributed by atoms with E-state index >= 15 is 0 Å². The standard InChI is InChI=1S/C18H19N3O3/c1-3-24-18(22)21-12-5-4-6-16(21)20-13-11-19-17(20)14-7-9-15(23-2)10-8-14/h5-13H,3-4H2,1-2H3. The molecular formula is C18H19N3O3. The molecular weight excluding hydrogens is 306 g/mol. The Hall–Kier alpha value is -3.02. The summed E-state index contributed by atoms with van der Waals surface area (Å²) >= 11 is 0. The molecule has 0 N–H and O–H groups in total. The molecule has 1 aromatic carbocycles. The number of aromatic nitrogens is 2. The van der Waals surface area contributed by atoms with E-state index in [0.717, 1.165) is 23.6 Å². The highest BCUT2D eigenvalue weighted by Crippen LogP contribution is 2.27. The third-order valence-electron chi connectivity index (χ3n) is 3.64. The van der Waals surface area contributed by atoms with Gasteiger partial charge in [0.05, 0.1) is 13.7 Å². The van der Waals surface area contributed by atoms with Crippen molar-refractivity contribution in [2.45, 2.75) is 13.3 Å². The van der Waals surface area contributed by atoms with Crippen LogP contribution in [0.3, 0.4) is 0 Å². The quantitative estimate of drug-likeness (QED) is 0.859. The molecule has 1 aliphatic rings. The first-order valence-corrected chi connectivity index (χ1v) is 7.75. The van der Waals surface area contributed by atoms with Gasteiger partial charge < -0.3 is 9.47 Å². The number of nitrogens with zero attached hydrogens (tertiary/aromatic N) is 3. The largest absolute Gasteiger partial charge is 0.497 e. The van der Waals surface area contributed by atoms with Crippen molar-refractivity contribution in [3.8, 4) is 17.1 Å². The molecule has 0 saturated carbocycles. The molecule has 6 heteroatoms. The molecule has 0 unspecified atom stereocenters. The Morgan fingerprint density at radius 3 is 2.79 bits per heavy atom. The minimum Gasteiger partial charge on any atom is -0.497 e. The molecule has 2 heterocycles. The molecule has 1 aromatic heterocycles. The van der Waals surface area contributed by atoms with E-state index in [9.17, 15) is 4.79 Å². The lowest BCUT2D eigenvalue weighted by molar-refractivity contribution is 0.134. The summed E-state index contributed by atoms with van der Waals surface area (Å²) in [5, 5.41) is 0. The Balaban J connectivity index is 1.96. The van der Waals surface area contributed by atoms with Crippen molar-refractivity contribution in [2.24, 2.45) is 0 Å². The second-order valence-corrected chi connectivity index (χ2v) is 5.10. The van der Waals surface area contributed by atoms with E-state index in [0.29, 0.717) is 12.4 Å². The minimum absolute atomic E-state index is 0.325. The van der Waals surface area contributed by atoms with E-state index in [2.05, 4.69) is 4.98 Å². The predicted molar refractivity (Wildman–Crippen MR) is 91.1 cm³/mol. The van der Waals surface area contributed by atoms with Crippen LogP contribution < -0.4 is 4.74 Å². The Morgan fingerprint density at radius 1 is 1.29 bits per heavy atom. The molecule has 124 valence electrons. The van der Waals surface area contributed by atoms with Gasteiger partial charge in [-0.1, -0.05) is 6.08 Å². The van der Waals surface area contributed by atoms with Gasteiger partial charge in [-0.25, -0.2) is 14.7 Å². The molecule has 2 aromatic rings. The Kier molecular flexibility index (Phi) is 4.65. The van der Waals surface area contributed by atoms with E-state index in [-0.39, 0.29) is 0 Å². The number of allylic oxidation sites excluding steroid dienone is 2. The zero-order valence-electron chi connectivity index (χ0n) is 13.7. The number of ether oxygens (including phenoxy) is 2. The fourth-order valence-electron chi connectivity index (χ4n) is 2.52. The number of hydrogen-bond acceptors (Lipinski definition) is 4. The predicted octanol–water partition coefficient (Wildman–Crippen LogP) is 3.73. The van der Waals surface area contributed by atoms with Gasteiger partial charge in [-0.05, 0) is 43.7 Å². The lowest BCUT2D eigenvalue weighted by Gasteiger charge is -2.25. The van der Waals surface area contributed by atoms with Gasteiger partial charge in [0, 0.05) is 24.2 Å². The highest BCUT2D eigenvalue weighted by atomic mass is 16.6. The van der Waals surface area contributed by atoms with Crippen molar-refractivity contribution >= 4 is 11.9 Å². The van der Waals surface area contributed by atoms with Crippen molar-refractivity contribution in [1.29, 1.82) is 0 Å². The number of benzene rings is 1. The maximum absolute atomic E-state index is 12.2. The SMILES string of the molecule is CCOC(=O)N1C=CCC=C1n1ccnc1-c1ccc(OC)cc1. The van der Waals surface area contributed by atoms with Crippen LogP contribution in [0, 0.1) is 0 Å². The van der Waals surface area contributed by atoms with Gasteiger partial charge in [-0.3, -0.25) is 4.57 Å². The number of rotatable bonds is 4. The third kappa shape index (κ3) is 3.03. The zero-order chi connectivity index (χ0) is 16.9. The molecule has 1 amide bonds. The van der Waals surface area contributed by atoms with Crippen molar-refractivity contribution in [1.82, 2.24) is 14.5 Å². The van der Waals surface area contributed by atoms with Gasteiger partial charge >= 0.3 is 6.09 Å². The molecule has 0 saturated heterocycles. The maximum Gasteiger partial charge on any atom is 0.419 e. The van der Waals surface area contributed by atoms with Crippen molar-refractivity contribution in [3.05, 3.63) is 55.0 Å². The Labute approximate surface area is 140 Å². The molecule has 0 aliphatic carbocycles. The number of imidazole rings is 1. The normalized spacial score (nSPS) is 13.6. The van der Waals surface area contributed by atoms with Gasteiger partial charge in [0.25, 0.3) is 0 Å². The summed E-state index contributed by atoms with van der Waals surface area (Å²) in [6.45, 7) is 2.11. The van der Waals surface area contributed by atoms with E-state index in [4.69, 9.17) is 9.47 Å². The summed E-state index contributed by atoms with van der Waals surface area (Å²) < 4.78 is 12.2. The summed E-state index contributed by atoms with van der Waals surface area (Å²) in [4.78, 5) is 18.1. The molecule has 0 fully saturated rings. The minimum atomic E-state index is -0.408. The number of amides is 1. The summed E-state index contributed by atoms with van der Waals surface area (Å²) in [6.07, 6.45) is 9.47. The van der Waals surface area contributed by atoms with Crippen LogP contribution >= 0.6 is 0 Å². The summed E-state index contributed by atoms with van der Waals surface area (Å²) in [7, 11) is 1.63. The smallest absolute Gasteiger partial charge is 0.419 e. The topological polar surface area (TPSA) is 56.6 Å². The number of methoxy groups -OCH3 is 1. The maximum atomic E-state index is 12.2. The lowest BCUT2D eigenvalue weighted by Crippen LogP contribution is -2.29. The van der Waals surface area contributed by atoms with Crippen molar-refractivity contribution in [3.63, 3.8) is 0 Å². The van der Waals surface area contributed by atoms with Gasteiger partial charge in [0.15, 0.2) is 0 Å². The molecule has 0 bridgehead atoms. The van der Waals surface area contributed by atoms with Crippen LogP contribution in [0.15, 0.2) is 55.0 Å². The van der Waals surface area contributed by atoms with Gasteiger partial charge in [-0.15, -0.1) is 0 Å². The van der Waals surface area contributed by atoms with Crippen molar-refractivity contribution < 1.29 is 14.3 Å². The fourth-order valence-corrected chi connectivity index (χ4v) is 2.52. The molecule has 0 atom stereocenters. The highest BCUT2D eigenvalue weighted by Gasteiger charge is 2.22. The van der Waals surface area contributed by atoms with Crippen molar-refractivity contribution in [2.75, 3.05) is 13.7 Å². The first kappa shape index (κ1) is 15.9. The van der Waals surface area contributed by atoms with Gasteiger partial charge in [0.2, 0.25) is 0 Å². The highest BCUT2D eigenvalue weighted by molar-refractivity contribution is 5.80. The third-order valence-corrected chi connectivity index (χ3v) is 3.64. The fraction of sp³-hybridized carbons (Fsp3) is 0.222. The van der Waals surface area contributed by atoms with Crippen LogP contribution in [-0.2, 0) is 4.74 Å². The molecule has 24 heavy (non-hydrogen) atoms. The second kappa shape index (κ2) is 7.04. The van der Waals surface area contributed by atoms with E-state index in [1.165, 1.54) is 4.90 Å². The van der Waals surface area contributed by atoms with E-state index in [1.807, 2.05) is 47.2 Å². The average molecular weight is 325 g/mol. The number of carbonyl (C=O) groups excluding carboxylic acids is 1.